The Kier molecular flexibility index (Phi) is 3.59. The standard InChI is InChI=1S/C10H9N3O5S2/c1-5-9(19-10(16)12-5)20(17,18)13-6-2-3-7(8(14)15)11-4-6/h2-4,13H,1H3,(H,12,16)(H,14,15). The van der Waals surface area contributed by atoms with Gasteiger partial charge in [-0.05, 0) is 19.1 Å². The highest BCUT2D eigenvalue weighted by atomic mass is 32.2. The van der Waals surface area contributed by atoms with Gasteiger partial charge in [-0.3, -0.25) is 9.52 Å². The van der Waals surface area contributed by atoms with E-state index < -0.39 is 20.9 Å². The predicted octanol–water partition coefficient (Wildman–Crippen LogP) is 0.639. The fourth-order valence-electron chi connectivity index (χ4n) is 1.43. The van der Waals surface area contributed by atoms with Gasteiger partial charge >= 0.3 is 10.8 Å². The third kappa shape index (κ3) is 2.86. The Bertz CT molecular complexity index is 804. The summed E-state index contributed by atoms with van der Waals surface area (Å²) in [5.41, 5.74) is 0.147. The van der Waals surface area contributed by atoms with Gasteiger partial charge in [0.25, 0.3) is 10.0 Å². The van der Waals surface area contributed by atoms with Crippen LogP contribution in [0.3, 0.4) is 0 Å². The van der Waals surface area contributed by atoms with Gasteiger partial charge in [-0.25, -0.2) is 18.2 Å². The largest absolute Gasteiger partial charge is 0.477 e. The number of hydrogen-bond acceptors (Lipinski definition) is 6. The highest BCUT2D eigenvalue weighted by molar-refractivity contribution is 7.94. The Morgan fingerprint density at radius 1 is 1.45 bits per heavy atom. The molecule has 0 aliphatic rings. The number of rotatable bonds is 4. The molecule has 2 heterocycles. The molecule has 0 radical (unpaired) electrons. The zero-order valence-electron chi connectivity index (χ0n) is 10.1. The Labute approximate surface area is 117 Å². The van der Waals surface area contributed by atoms with E-state index in [0.717, 1.165) is 6.20 Å². The lowest BCUT2D eigenvalue weighted by Gasteiger charge is -2.06. The highest BCUT2D eigenvalue weighted by Gasteiger charge is 2.20. The zero-order chi connectivity index (χ0) is 14.9. The average Bonchev–Trinajstić information content (AvgIpc) is 2.69. The lowest BCUT2D eigenvalue weighted by Crippen LogP contribution is -2.13. The number of nitrogens with zero attached hydrogens (tertiary/aromatic N) is 1. The van der Waals surface area contributed by atoms with Gasteiger partial charge in [0.05, 0.1) is 11.9 Å². The van der Waals surface area contributed by atoms with E-state index in [1.54, 1.807) is 0 Å². The number of anilines is 1. The zero-order valence-corrected chi connectivity index (χ0v) is 11.7. The van der Waals surface area contributed by atoms with Crippen LogP contribution in [-0.4, -0.2) is 29.5 Å². The van der Waals surface area contributed by atoms with E-state index in [9.17, 15) is 18.0 Å². The molecule has 0 saturated heterocycles. The minimum Gasteiger partial charge on any atom is -0.477 e. The average molecular weight is 315 g/mol. The monoisotopic (exact) mass is 315 g/mol. The molecule has 0 unspecified atom stereocenters. The first kappa shape index (κ1) is 14.2. The topological polar surface area (TPSA) is 129 Å². The van der Waals surface area contributed by atoms with Crippen LogP contribution in [-0.2, 0) is 10.0 Å². The first-order valence-corrected chi connectivity index (χ1v) is 7.51. The van der Waals surface area contributed by atoms with Crippen molar-refractivity contribution in [2.45, 2.75) is 11.1 Å². The van der Waals surface area contributed by atoms with E-state index >= 15 is 0 Å². The van der Waals surface area contributed by atoms with Gasteiger partial charge in [-0.2, -0.15) is 0 Å². The molecule has 0 bridgehead atoms. The summed E-state index contributed by atoms with van der Waals surface area (Å²) in [5, 5.41) is 8.69. The molecule has 2 rings (SSSR count). The molecule has 0 spiro atoms. The lowest BCUT2D eigenvalue weighted by atomic mass is 10.3. The van der Waals surface area contributed by atoms with Crippen molar-refractivity contribution in [3.63, 3.8) is 0 Å². The van der Waals surface area contributed by atoms with Crippen molar-refractivity contribution in [2.24, 2.45) is 0 Å². The fourth-order valence-corrected chi connectivity index (χ4v) is 3.77. The van der Waals surface area contributed by atoms with Crippen LogP contribution in [0.25, 0.3) is 0 Å². The van der Waals surface area contributed by atoms with Crippen LogP contribution in [0.1, 0.15) is 16.2 Å². The molecule has 3 N–H and O–H groups in total. The number of sulfonamides is 1. The molecule has 0 aliphatic heterocycles. The van der Waals surface area contributed by atoms with E-state index in [-0.39, 0.29) is 21.3 Å². The van der Waals surface area contributed by atoms with Crippen LogP contribution < -0.4 is 9.60 Å². The molecule has 0 fully saturated rings. The van der Waals surface area contributed by atoms with E-state index in [0.29, 0.717) is 11.3 Å². The number of nitrogens with one attached hydrogen (secondary N) is 2. The maximum atomic E-state index is 12.1. The van der Waals surface area contributed by atoms with Crippen molar-refractivity contribution >= 4 is 33.0 Å². The van der Waals surface area contributed by atoms with Crippen LogP contribution in [0.2, 0.25) is 0 Å². The Balaban J connectivity index is 2.31. The predicted molar refractivity (Wildman–Crippen MR) is 71.7 cm³/mol. The Morgan fingerprint density at radius 3 is 2.60 bits per heavy atom. The van der Waals surface area contributed by atoms with E-state index in [2.05, 4.69) is 14.7 Å². The molecule has 10 heteroatoms. The Morgan fingerprint density at radius 2 is 2.15 bits per heavy atom. The highest BCUT2D eigenvalue weighted by Crippen LogP contribution is 2.19. The van der Waals surface area contributed by atoms with Crippen LogP contribution in [0.5, 0.6) is 0 Å². The second-order valence-electron chi connectivity index (χ2n) is 3.77. The van der Waals surface area contributed by atoms with Gasteiger partial charge in [0.15, 0.2) is 4.21 Å². The summed E-state index contributed by atoms with van der Waals surface area (Å²) >= 11 is 0.572. The van der Waals surface area contributed by atoms with Gasteiger partial charge in [0.2, 0.25) is 0 Å². The number of H-pyrrole nitrogens is 1. The molecule has 0 amide bonds. The quantitative estimate of drug-likeness (QED) is 0.759. The minimum atomic E-state index is -3.91. The summed E-state index contributed by atoms with van der Waals surface area (Å²) < 4.78 is 26.2. The molecule has 0 saturated carbocycles. The number of aromatic carboxylic acids is 1. The molecular weight excluding hydrogens is 306 g/mol. The van der Waals surface area contributed by atoms with Crippen molar-refractivity contribution < 1.29 is 18.3 Å². The number of carboxylic acids is 1. The van der Waals surface area contributed by atoms with Gasteiger partial charge in [0, 0.05) is 5.69 Å². The Hall–Kier alpha value is -2.20. The maximum absolute atomic E-state index is 12.1. The molecule has 106 valence electrons. The van der Waals surface area contributed by atoms with Crippen molar-refractivity contribution in [1.82, 2.24) is 9.97 Å². The number of thiazole rings is 1. The molecule has 0 aromatic carbocycles. The molecule has 0 atom stereocenters. The number of aromatic nitrogens is 2. The summed E-state index contributed by atoms with van der Waals surface area (Å²) in [5.74, 6) is -1.21. The summed E-state index contributed by atoms with van der Waals surface area (Å²) in [6, 6.07) is 2.45. The summed E-state index contributed by atoms with van der Waals surface area (Å²) in [7, 11) is -3.91. The molecule has 0 aliphatic carbocycles. The van der Waals surface area contributed by atoms with Crippen molar-refractivity contribution in [2.75, 3.05) is 4.72 Å². The number of carbonyl (C=O) groups is 1. The molecule has 2 aromatic rings. The summed E-state index contributed by atoms with van der Waals surface area (Å²) in [4.78, 5) is 27.2. The second-order valence-corrected chi connectivity index (χ2v) is 6.63. The van der Waals surface area contributed by atoms with Crippen molar-refractivity contribution in [3.05, 3.63) is 39.4 Å². The number of aryl methyl sites for hydroxylation is 1. The van der Waals surface area contributed by atoms with Gasteiger partial charge < -0.3 is 10.1 Å². The summed E-state index contributed by atoms with van der Waals surface area (Å²) in [6.45, 7) is 1.47. The smallest absolute Gasteiger partial charge is 0.354 e. The number of pyridine rings is 1. The fraction of sp³-hybridized carbons (Fsp3) is 0.100. The van der Waals surface area contributed by atoms with Crippen molar-refractivity contribution in [1.29, 1.82) is 0 Å². The van der Waals surface area contributed by atoms with E-state index in [1.165, 1.54) is 19.1 Å². The van der Waals surface area contributed by atoms with E-state index in [1.807, 2.05) is 0 Å². The van der Waals surface area contributed by atoms with Crippen LogP contribution in [0.15, 0.2) is 27.3 Å². The number of hydrogen-bond donors (Lipinski definition) is 3. The summed E-state index contributed by atoms with van der Waals surface area (Å²) in [6.07, 6.45) is 1.09. The SMILES string of the molecule is Cc1[nH]c(=O)sc1S(=O)(=O)Nc1ccc(C(=O)O)nc1. The molecule has 20 heavy (non-hydrogen) atoms. The van der Waals surface area contributed by atoms with Crippen molar-refractivity contribution in [3.8, 4) is 0 Å². The molecular formula is C10H9N3O5S2. The maximum Gasteiger partial charge on any atom is 0.354 e. The number of aromatic amines is 1. The molecule has 2 aromatic heterocycles. The van der Waals surface area contributed by atoms with Crippen LogP contribution in [0.4, 0.5) is 5.69 Å². The molecule has 8 nitrogen and oxygen atoms in total. The third-order valence-corrected chi connectivity index (χ3v) is 5.25. The van der Waals surface area contributed by atoms with Crippen LogP contribution in [0, 0.1) is 6.92 Å². The first-order valence-electron chi connectivity index (χ1n) is 5.21. The third-order valence-electron chi connectivity index (χ3n) is 2.26. The van der Waals surface area contributed by atoms with Crippen LogP contribution >= 0.6 is 11.3 Å². The second kappa shape index (κ2) is 5.06. The van der Waals surface area contributed by atoms with E-state index in [4.69, 9.17) is 5.11 Å². The normalized spacial score (nSPS) is 11.2. The minimum absolute atomic E-state index is 0.107. The van der Waals surface area contributed by atoms with Gasteiger partial charge in [-0.1, -0.05) is 11.3 Å². The first-order chi connectivity index (χ1) is 9.29. The van der Waals surface area contributed by atoms with Gasteiger partial charge in [-0.15, -0.1) is 0 Å². The number of carboxylic acid groups (broad SMARTS) is 1. The van der Waals surface area contributed by atoms with Gasteiger partial charge in [0.1, 0.15) is 5.69 Å². The lowest BCUT2D eigenvalue weighted by molar-refractivity contribution is 0.0690.